The maximum atomic E-state index is 11.5. The first-order valence-electron chi connectivity index (χ1n) is 6.30. The molecular formula is C12H25N3O2. The molecule has 1 unspecified atom stereocenters. The van der Waals surface area contributed by atoms with Gasteiger partial charge in [-0.1, -0.05) is 0 Å². The van der Waals surface area contributed by atoms with E-state index in [1.54, 1.807) is 0 Å². The molecule has 17 heavy (non-hydrogen) atoms. The fraction of sp³-hybridized carbons (Fsp3) is 0.917. The molecule has 0 spiro atoms. The predicted octanol–water partition coefficient (Wildman–Crippen LogP) is 0.792. The summed E-state index contributed by atoms with van der Waals surface area (Å²) in [6.07, 6.45) is 0.797. The average molecular weight is 243 g/mol. The molecule has 0 aromatic heterocycles. The van der Waals surface area contributed by atoms with Gasteiger partial charge in [0.1, 0.15) is 5.60 Å². The zero-order chi connectivity index (χ0) is 12.9. The third-order valence-corrected chi connectivity index (χ3v) is 2.75. The van der Waals surface area contributed by atoms with Crippen LogP contribution in [0.3, 0.4) is 0 Å². The number of carbonyl (C=O) groups excluding carboxylic acids is 1. The summed E-state index contributed by atoms with van der Waals surface area (Å²) in [5.74, 6) is 0.522. The summed E-state index contributed by atoms with van der Waals surface area (Å²) in [6.45, 7) is 10.0. The molecule has 1 aliphatic heterocycles. The number of alkyl carbamates (subject to hydrolysis) is 1. The summed E-state index contributed by atoms with van der Waals surface area (Å²) in [7, 11) is 0. The second kappa shape index (κ2) is 6.21. The fourth-order valence-corrected chi connectivity index (χ4v) is 2.01. The van der Waals surface area contributed by atoms with Crippen LogP contribution in [0.5, 0.6) is 0 Å². The molecule has 1 fully saturated rings. The van der Waals surface area contributed by atoms with E-state index >= 15 is 0 Å². The first-order valence-corrected chi connectivity index (χ1v) is 6.30. The Hall–Kier alpha value is -0.810. The molecule has 3 N–H and O–H groups in total. The molecule has 0 saturated carbocycles. The zero-order valence-corrected chi connectivity index (χ0v) is 11.2. The topological polar surface area (TPSA) is 67.6 Å². The van der Waals surface area contributed by atoms with E-state index in [1.807, 2.05) is 20.8 Å². The fourth-order valence-electron chi connectivity index (χ4n) is 2.01. The maximum absolute atomic E-state index is 11.5. The molecule has 5 nitrogen and oxygen atoms in total. The van der Waals surface area contributed by atoms with E-state index < -0.39 is 5.60 Å². The van der Waals surface area contributed by atoms with Crippen LogP contribution in [-0.4, -0.2) is 49.3 Å². The Morgan fingerprint density at radius 1 is 1.53 bits per heavy atom. The minimum Gasteiger partial charge on any atom is -0.444 e. The maximum Gasteiger partial charge on any atom is 0.407 e. The van der Waals surface area contributed by atoms with Gasteiger partial charge >= 0.3 is 6.09 Å². The summed E-state index contributed by atoms with van der Waals surface area (Å²) in [4.78, 5) is 13.8. The van der Waals surface area contributed by atoms with E-state index in [0.717, 1.165) is 26.1 Å². The number of likely N-dealkylation sites (tertiary alicyclic amines) is 1. The van der Waals surface area contributed by atoms with Crippen molar-refractivity contribution < 1.29 is 9.53 Å². The quantitative estimate of drug-likeness (QED) is 0.766. The summed E-state index contributed by atoms with van der Waals surface area (Å²) >= 11 is 0. The van der Waals surface area contributed by atoms with E-state index in [9.17, 15) is 4.79 Å². The van der Waals surface area contributed by atoms with Crippen molar-refractivity contribution in [1.29, 1.82) is 0 Å². The van der Waals surface area contributed by atoms with E-state index in [2.05, 4.69) is 10.2 Å². The third kappa shape index (κ3) is 5.89. The van der Waals surface area contributed by atoms with Crippen molar-refractivity contribution in [2.24, 2.45) is 11.7 Å². The Labute approximate surface area is 104 Å². The van der Waals surface area contributed by atoms with Crippen molar-refractivity contribution in [3.63, 3.8) is 0 Å². The molecule has 0 aromatic rings. The first kappa shape index (κ1) is 14.3. The van der Waals surface area contributed by atoms with Crippen LogP contribution < -0.4 is 11.1 Å². The summed E-state index contributed by atoms with van der Waals surface area (Å²) in [5, 5.41) is 2.82. The zero-order valence-electron chi connectivity index (χ0n) is 11.2. The highest BCUT2D eigenvalue weighted by Crippen LogP contribution is 2.14. The largest absolute Gasteiger partial charge is 0.444 e. The lowest BCUT2D eigenvalue weighted by molar-refractivity contribution is 0.0520. The number of rotatable bonds is 4. The summed E-state index contributed by atoms with van der Waals surface area (Å²) in [5.41, 5.74) is 5.09. The molecular weight excluding hydrogens is 218 g/mol. The molecule has 1 rings (SSSR count). The van der Waals surface area contributed by atoms with Gasteiger partial charge in [0, 0.05) is 26.2 Å². The van der Waals surface area contributed by atoms with Crippen LogP contribution in [0.4, 0.5) is 4.79 Å². The van der Waals surface area contributed by atoms with Gasteiger partial charge in [0.2, 0.25) is 0 Å². The van der Waals surface area contributed by atoms with Crippen LogP contribution in [0, 0.1) is 5.92 Å². The molecule has 0 aliphatic carbocycles. The van der Waals surface area contributed by atoms with Gasteiger partial charge in [0.05, 0.1) is 0 Å². The van der Waals surface area contributed by atoms with Crippen LogP contribution >= 0.6 is 0 Å². The van der Waals surface area contributed by atoms with E-state index in [1.165, 1.54) is 0 Å². The predicted molar refractivity (Wildman–Crippen MR) is 67.8 cm³/mol. The smallest absolute Gasteiger partial charge is 0.407 e. The lowest BCUT2D eigenvalue weighted by Gasteiger charge is -2.20. The number of carbonyl (C=O) groups is 1. The molecule has 1 amide bonds. The molecule has 100 valence electrons. The van der Waals surface area contributed by atoms with E-state index in [0.29, 0.717) is 19.0 Å². The van der Waals surface area contributed by atoms with Crippen LogP contribution in [-0.2, 0) is 4.74 Å². The van der Waals surface area contributed by atoms with Gasteiger partial charge in [0.25, 0.3) is 0 Å². The van der Waals surface area contributed by atoms with Gasteiger partial charge < -0.3 is 20.7 Å². The van der Waals surface area contributed by atoms with Crippen LogP contribution in [0.2, 0.25) is 0 Å². The van der Waals surface area contributed by atoms with Gasteiger partial charge in [-0.3, -0.25) is 0 Å². The molecule has 1 saturated heterocycles. The Bertz CT molecular complexity index is 251. The van der Waals surface area contributed by atoms with Gasteiger partial charge in [-0.05, 0) is 39.7 Å². The van der Waals surface area contributed by atoms with Crippen LogP contribution in [0.15, 0.2) is 0 Å². The van der Waals surface area contributed by atoms with Crippen molar-refractivity contribution in [2.45, 2.75) is 32.8 Å². The highest BCUT2D eigenvalue weighted by Gasteiger charge is 2.23. The molecule has 0 radical (unpaired) electrons. The summed E-state index contributed by atoms with van der Waals surface area (Å²) < 4.78 is 5.19. The lowest BCUT2D eigenvalue weighted by Crippen LogP contribution is -2.36. The molecule has 1 aliphatic rings. The Balaban J connectivity index is 2.17. The monoisotopic (exact) mass is 243 g/mol. The number of hydrogen-bond acceptors (Lipinski definition) is 4. The normalized spacial score (nSPS) is 21.5. The minimum absolute atomic E-state index is 0.324. The molecule has 1 heterocycles. The van der Waals surface area contributed by atoms with E-state index in [4.69, 9.17) is 10.5 Å². The van der Waals surface area contributed by atoms with Crippen molar-refractivity contribution in [3.05, 3.63) is 0 Å². The average Bonchev–Trinajstić information content (AvgIpc) is 2.61. The second-order valence-corrected chi connectivity index (χ2v) is 5.63. The number of amides is 1. The number of nitrogens with zero attached hydrogens (tertiary/aromatic N) is 1. The highest BCUT2D eigenvalue weighted by molar-refractivity contribution is 5.67. The number of nitrogens with one attached hydrogen (secondary N) is 1. The van der Waals surface area contributed by atoms with Crippen molar-refractivity contribution in [3.8, 4) is 0 Å². The Morgan fingerprint density at radius 3 is 2.82 bits per heavy atom. The van der Waals surface area contributed by atoms with Gasteiger partial charge in [-0.25, -0.2) is 4.79 Å². The minimum atomic E-state index is -0.425. The Morgan fingerprint density at radius 2 is 2.24 bits per heavy atom. The highest BCUT2D eigenvalue weighted by atomic mass is 16.6. The molecule has 5 heteroatoms. The number of hydrogen-bond donors (Lipinski definition) is 2. The second-order valence-electron chi connectivity index (χ2n) is 5.63. The SMILES string of the molecule is CC(C)(C)OC(=O)NCC1CCN(CCN)C1. The number of nitrogens with two attached hydrogens (primary N) is 1. The number of ether oxygens (including phenoxy) is 1. The molecule has 0 bridgehead atoms. The van der Waals surface area contributed by atoms with Crippen molar-refractivity contribution in [2.75, 3.05) is 32.7 Å². The first-order chi connectivity index (χ1) is 7.90. The lowest BCUT2D eigenvalue weighted by atomic mass is 10.1. The third-order valence-electron chi connectivity index (χ3n) is 2.75. The van der Waals surface area contributed by atoms with Gasteiger partial charge in [0.15, 0.2) is 0 Å². The van der Waals surface area contributed by atoms with Crippen molar-refractivity contribution >= 4 is 6.09 Å². The van der Waals surface area contributed by atoms with E-state index in [-0.39, 0.29) is 6.09 Å². The van der Waals surface area contributed by atoms with Crippen molar-refractivity contribution in [1.82, 2.24) is 10.2 Å². The van der Waals surface area contributed by atoms with Gasteiger partial charge in [-0.15, -0.1) is 0 Å². The standard InChI is InChI=1S/C12H25N3O2/c1-12(2,3)17-11(16)14-8-10-4-6-15(9-10)7-5-13/h10H,4-9,13H2,1-3H3,(H,14,16). The summed E-state index contributed by atoms with van der Waals surface area (Å²) in [6, 6.07) is 0. The molecule has 1 atom stereocenters. The van der Waals surface area contributed by atoms with Crippen LogP contribution in [0.25, 0.3) is 0 Å². The van der Waals surface area contributed by atoms with Crippen LogP contribution in [0.1, 0.15) is 27.2 Å². The molecule has 0 aromatic carbocycles. The Kier molecular flexibility index (Phi) is 5.21. The van der Waals surface area contributed by atoms with Gasteiger partial charge in [-0.2, -0.15) is 0 Å².